The zero-order chi connectivity index (χ0) is 14.6. The fraction of sp³-hybridized carbons (Fsp3) is 0.400. The second-order valence-electron chi connectivity index (χ2n) is 3.18. The molecule has 19 heavy (non-hydrogen) atoms. The first-order valence-electron chi connectivity index (χ1n) is 4.96. The molecule has 1 heterocycles. The number of hydrogen-bond acceptors (Lipinski definition) is 4. The molecule has 0 amide bonds. The fourth-order valence-corrected chi connectivity index (χ4v) is 1.21. The van der Waals surface area contributed by atoms with Crippen molar-refractivity contribution in [3.8, 4) is 5.88 Å². The number of halogens is 5. The van der Waals surface area contributed by atoms with Gasteiger partial charge in [0.15, 0.2) is 0 Å². The molecule has 106 valence electrons. The second kappa shape index (κ2) is 5.81. The third-order valence-corrected chi connectivity index (χ3v) is 1.90. The SMILES string of the molecule is CCOC(=O)c1cc(OC(F)(F)F)nc(F)c1CF. The molecule has 0 aliphatic heterocycles. The molecule has 0 aromatic carbocycles. The number of carbonyl (C=O) groups is 1. The number of carbonyl (C=O) groups excluding carboxylic acids is 1. The van der Waals surface area contributed by atoms with E-state index in [4.69, 9.17) is 0 Å². The van der Waals surface area contributed by atoms with Crippen LogP contribution in [0.25, 0.3) is 0 Å². The van der Waals surface area contributed by atoms with Crippen LogP contribution in [0, 0.1) is 5.95 Å². The largest absolute Gasteiger partial charge is 0.574 e. The standard InChI is InChI=1S/C10H8F5NO3/c1-2-18-9(17)5-3-7(19-10(13,14)15)16-8(12)6(5)4-11/h3H,2,4H2,1H3. The number of ether oxygens (including phenoxy) is 2. The normalized spacial score (nSPS) is 11.3. The first kappa shape index (κ1) is 15.1. The Hall–Kier alpha value is -1.93. The molecule has 0 unspecified atom stereocenters. The van der Waals surface area contributed by atoms with Crippen molar-refractivity contribution in [1.29, 1.82) is 0 Å². The number of rotatable bonds is 4. The summed E-state index contributed by atoms with van der Waals surface area (Å²) in [5, 5.41) is 0. The second-order valence-corrected chi connectivity index (χ2v) is 3.18. The van der Waals surface area contributed by atoms with Gasteiger partial charge in [-0.05, 0) is 6.92 Å². The summed E-state index contributed by atoms with van der Waals surface area (Å²) in [7, 11) is 0. The highest BCUT2D eigenvalue weighted by Gasteiger charge is 2.33. The lowest BCUT2D eigenvalue weighted by Crippen LogP contribution is -2.19. The first-order valence-corrected chi connectivity index (χ1v) is 4.96. The highest BCUT2D eigenvalue weighted by Crippen LogP contribution is 2.25. The molecule has 0 saturated heterocycles. The van der Waals surface area contributed by atoms with Crippen LogP contribution in [0.3, 0.4) is 0 Å². The van der Waals surface area contributed by atoms with Crippen LogP contribution >= 0.6 is 0 Å². The van der Waals surface area contributed by atoms with E-state index in [-0.39, 0.29) is 6.61 Å². The van der Waals surface area contributed by atoms with Crippen molar-refractivity contribution in [2.45, 2.75) is 20.0 Å². The molecule has 0 bridgehead atoms. The van der Waals surface area contributed by atoms with Gasteiger partial charge in [0.1, 0.15) is 6.67 Å². The Morgan fingerprint density at radius 3 is 2.53 bits per heavy atom. The van der Waals surface area contributed by atoms with Gasteiger partial charge in [-0.15, -0.1) is 13.2 Å². The van der Waals surface area contributed by atoms with Gasteiger partial charge < -0.3 is 9.47 Å². The van der Waals surface area contributed by atoms with E-state index in [1.165, 1.54) is 6.92 Å². The predicted molar refractivity (Wildman–Crippen MR) is 51.6 cm³/mol. The van der Waals surface area contributed by atoms with E-state index in [0.717, 1.165) is 0 Å². The molecule has 4 nitrogen and oxygen atoms in total. The van der Waals surface area contributed by atoms with Crippen LogP contribution in [-0.2, 0) is 11.4 Å². The quantitative estimate of drug-likeness (QED) is 0.485. The van der Waals surface area contributed by atoms with Gasteiger partial charge in [-0.1, -0.05) is 0 Å². The van der Waals surface area contributed by atoms with Crippen molar-refractivity contribution in [2.75, 3.05) is 6.61 Å². The van der Waals surface area contributed by atoms with Gasteiger partial charge in [0, 0.05) is 6.07 Å². The van der Waals surface area contributed by atoms with Gasteiger partial charge in [-0.2, -0.15) is 9.37 Å². The Morgan fingerprint density at radius 2 is 2.05 bits per heavy atom. The molecule has 0 fully saturated rings. The summed E-state index contributed by atoms with van der Waals surface area (Å²) in [5.41, 5.74) is -1.48. The lowest BCUT2D eigenvalue weighted by atomic mass is 10.1. The third-order valence-electron chi connectivity index (χ3n) is 1.90. The smallest absolute Gasteiger partial charge is 0.462 e. The Balaban J connectivity index is 3.22. The van der Waals surface area contributed by atoms with E-state index in [0.29, 0.717) is 6.07 Å². The summed E-state index contributed by atoms with van der Waals surface area (Å²) >= 11 is 0. The molecule has 0 spiro atoms. The predicted octanol–water partition coefficient (Wildman–Crippen LogP) is 2.77. The van der Waals surface area contributed by atoms with Gasteiger partial charge in [0.25, 0.3) is 0 Å². The topological polar surface area (TPSA) is 48.4 Å². The minimum absolute atomic E-state index is 0.107. The minimum Gasteiger partial charge on any atom is -0.462 e. The minimum atomic E-state index is -5.11. The zero-order valence-corrected chi connectivity index (χ0v) is 9.55. The van der Waals surface area contributed by atoms with Crippen LogP contribution in [0.4, 0.5) is 22.0 Å². The van der Waals surface area contributed by atoms with Gasteiger partial charge in [0.05, 0.1) is 17.7 Å². The van der Waals surface area contributed by atoms with Crippen molar-refractivity contribution in [3.05, 3.63) is 23.1 Å². The number of esters is 1. The summed E-state index contributed by atoms with van der Waals surface area (Å²) in [6.07, 6.45) is -5.11. The molecule has 0 saturated carbocycles. The van der Waals surface area contributed by atoms with E-state index in [9.17, 15) is 26.7 Å². The summed E-state index contributed by atoms with van der Waals surface area (Å²) in [6, 6.07) is 0.476. The van der Waals surface area contributed by atoms with Gasteiger partial charge >= 0.3 is 12.3 Å². The maximum absolute atomic E-state index is 13.3. The highest BCUT2D eigenvalue weighted by molar-refractivity contribution is 5.91. The van der Waals surface area contributed by atoms with Crippen molar-refractivity contribution >= 4 is 5.97 Å². The molecule has 0 N–H and O–H groups in total. The summed E-state index contributed by atoms with van der Waals surface area (Å²) in [6.45, 7) is -0.0963. The summed E-state index contributed by atoms with van der Waals surface area (Å²) in [4.78, 5) is 14.2. The average molecular weight is 285 g/mol. The van der Waals surface area contributed by atoms with E-state index < -0.39 is 42.0 Å². The number of pyridine rings is 1. The molecular formula is C10H8F5NO3. The third kappa shape index (κ3) is 4.04. The van der Waals surface area contributed by atoms with Crippen molar-refractivity contribution in [3.63, 3.8) is 0 Å². The van der Waals surface area contributed by atoms with Crippen molar-refractivity contribution in [1.82, 2.24) is 4.98 Å². The maximum Gasteiger partial charge on any atom is 0.574 e. The molecule has 0 radical (unpaired) electrons. The maximum atomic E-state index is 13.3. The van der Waals surface area contributed by atoms with Crippen LogP contribution in [0.5, 0.6) is 5.88 Å². The number of hydrogen-bond donors (Lipinski definition) is 0. The van der Waals surface area contributed by atoms with Crippen LogP contribution in [-0.4, -0.2) is 23.9 Å². The Morgan fingerprint density at radius 1 is 1.42 bits per heavy atom. The number of nitrogens with zero attached hydrogens (tertiary/aromatic N) is 1. The molecule has 0 aliphatic rings. The van der Waals surface area contributed by atoms with E-state index in [1.54, 1.807) is 0 Å². The lowest BCUT2D eigenvalue weighted by molar-refractivity contribution is -0.276. The van der Waals surface area contributed by atoms with Crippen LogP contribution in [0.15, 0.2) is 6.07 Å². The number of aromatic nitrogens is 1. The average Bonchev–Trinajstić information content (AvgIpc) is 2.26. The van der Waals surface area contributed by atoms with Crippen molar-refractivity contribution < 1.29 is 36.2 Å². The summed E-state index contributed by atoms with van der Waals surface area (Å²) < 4.78 is 69.6. The molecule has 1 rings (SSSR count). The van der Waals surface area contributed by atoms with Crippen LogP contribution in [0.1, 0.15) is 22.8 Å². The molecule has 0 aliphatic carbocycles. The molecule has 9 heteroatoms. The Bertz CT molecular complexity index is 475. The monoisotopic (exact) mass is 285 g/mol. The van der Waals surface area contributed by atoms with Crippen LogP contribution in [0.2, 0.25) is 0 Å². The molecule has 1 aromatic rings. The number of alkyl halides is 4. The van der Waals surface area contributed by atoms with Gasteiger partial charge in [-0.25, -0.2) is 9.18 Å². The van der Waals surface area contributed by atoms with Gasteiger partial charge in [-0.3, -0.25) is 0 Å². The Kier molecular flexibility index (Phi) is 4.62. The Labute approximate surface area is 104 Å². The van der Waals surface area contributed by atoms with Crippen LogP contribution < -0.4 is 4.74 Å². The molecular weight excluding hydrogens is 277 g/mol. The highest BCUT2D eigenvalue weighted by atomic mass is 19.4. The van der Waals surface area contributed by atoms with E-state index in [2.05, 4.69) is 14.5 Å². The fourth-order valence-electron chi connectivity index (χ4n) is 1.21. The molecule has 1 aromatic heterocycles. The first-order chi connectivity index (χ1) is 8.78. The lowest BCUT2D eigenvalue weighted by Gasteiger charge is -2.11. The van der Waals surface area contributed by atoms with E-state index >= 15 is 0 Å². The molecule has 0 atom stereocenters. The zero-order valence-electron chi connectivity index (χ0n) is 9.55. The van der Waals surface area contributed by atoms with E-state index in [1.807, 2.05) is 0 Å². The van der Waals surface area contributed by atoms with Gasteiger partial charge in [0.2, 0.25) is 11.8 Å². The summed E-state index contributed by atoms with van der Waals surface area (Å²) in [5.74, 6) is -3.93. The van der Waals surface area contributed by atoms with Crippen molar-refractivity contribution in [2.24, 2.45) is 0 Å².